The van der Waals surface area contributed by atoms with Gasteiger partial charge in [0.1, 0.15) is 6.61 Å². The van der Waals surface area contributed by atoms with Crippen molar-refractivity contribution in [3.63, 3.8) is 0 Å². The van der Waals surface area contributed by atoms with E-state index in [1.165, 1.54) is 6.08 Å². The van der Waals surface area contributed by atoms with Gasteiger partial charge in [-0.15, -0.1) is 0 Å². The maximum Gasteiger partial charge on any atom is 0.248 e. The number of aryl methyl sites for hydroxylation is 1. The number of amides is 1. The largest absolute Gasteiger partial charge is 0.493 e. The molecule has 0 aliphatic heterocycles. The molecule has 5 heteroatoms. The van der Waals surface area contributed by atoms with Gasteiger partial charge in [0, 0.05) is 29.7 Å². The Morgan fingerprint density at radius 2 is 1.96 bits per heavy atom. The molecule has 142 valence electrons. The highest BCUT2D eigenvalue weighted by Gasteiger charge is 2.06. The molecule has 0 unspecified atom stereocenters. The van der Waals surface area contributed by atoms with E-state index >= 15 is 0 Å². The molecule has 0 fully saturated rings. The lowest BCUT2D eigenvalue weighted by molar-refractivity contribution is -0.111. The smallest absolute Gasteiger partial charge is 0.248 e. The van der Waals surface area contributed by atoms with Crippen molar-refractivity contribution in [2.45, 2.75) is 13.5 Å². The Balaban J connectivity index is 1.65. The Bertz CT molecular complexity index is 969. The molecule has 1 N–H and O–H groups in total. The van der Waals surface area contributed by atoms with Crippen LogP contribution < -0.4 is 14.8 Å². The van der Waals surface area contributed by atoms with Gasteiger partial charge in [-0.05, 0) is 48.4 Å². The monoisotopic (exact) mass is 374 g/mol. The predicted octanol–water partition coefficient (Wildman–Crippen LogP) is 4.63. The average Bonchev–Trinajstić information content (AvgIpc) is 2.73. The summed E-state index contributed by atoms with van der Waals surface area (Å²) in [5.74, 6) is 1.04. The molecule has 1 heterocycles. The maximum absolute atomic E-state index is 12.2. The first kappa shape index (κ1) is 19.2. The van der Waals surface area contributed by atoms with E-state index in [1.807, 2.05) is 61.5 Å². The fourth-order valence-electron chi connectivity index (χ4n) is 2.61. The minimum absolute atomic E-state index is 0.190. The number of carbonyl (C=O) groups excluding carboxylic acids is 1. The van der Waals surface area contributed by atoms with Crippen molar-refractivity contribution in [1.82, 2.24) is 4.98 Å². The number of carbonyl (C=O) groups is 1. The van der Waals surface area contributed by atoms with E-state index in [4.69, 9.17) is 9.47 Å². The third-order valence-electron chi connectivity index (χ3n) is 4.13. The highest BCUT2D eigenvalue weighted by atomic mass is 16.5. The maximum atomic E-state index is 12.2. The molecule has 0 spiro atoms. The molecule has 0 saturated heterocycles. The fourth-order valence-corrected chi connectivity index (χ4v) is 2.61. The number of para-hydroxylation sites is 1. The van der Waals surface area contributed by atoms with Crippen LogP contribution in [0.2, 0.25) is 0 Å². The zero-order valence-electron chi connectivity index (χ0n) is 15.9. The van der Waals surface area contributed by atoms with E-state index in [1.54, 1.807) is 25.6 Å². The van der Waals surface area contributed by atoms with Crippen LogP contribution in [0.4, 0.5) is 5.69 Å². The standard InChI is InChI=1S/C23H22N2O3/c1-17-6-3-4-8-20(17)25-23(26)12-10-18-9-11-21(22(14-18)27-2)28-16-19-7-5-13-24-15-19/h3-15H,16H2,1-2H3,(H,25,26)/b12-10+. The third kappa shape index (κ3) is 5.20. The molecule has 1 aromatic heterocycles. The number of nitrogens with zero attached hydrogens (tertiary/aromatic N) is 1. The number of benzene rings is 2. The highest BCUT2D eigenvalue weighted by Crippen LogP contribution is 2.29. The molecule has 0 saturated carbocycles. The van der Waals surface area contributed by atoms with Crippen LogP contribution in [0.5, 0.6) is 11.5 Å². The summed E-state index contributed by atoms with van der Waals surface area (Å²) in [5, 5.41) is 2.87. The zero-order chi connectivity index (χ0) is 19.8. The van der Waals surface area contributed by atoms with Crippen LogP contribution >= 0.6 is 0 Å². The third-order valence-corrected chi connectivity index (χ3v) is 4.13. The molecule has 28 heavy (non-hydrogen) atoms. The van der Waals surface area contributed by atoms with Crippen LogP contribution in [0, 0.1) is 6.92 Å². The van der Waals surface area contributed by atoms with Gasteiger partial charge in [0.2, 0.25) is 5.91 Å². The van der Waals surface area contributed by atoms with Crippen molar-refractivity contribution in [2.75, 3.05) is 12.4 Å². The molecule has 0 aliphatic carbocycles. The second-order valence-corrected chi connectivity index (χ2v) is 6.20. The van der Waals surface area contributed by atoms with Crippen molar-refractivity contribution in [3.8, 4) is 11.5 Å². The van der Waals surface area contributed by atoms with E-state index in [9.17, 15) is 4.79 Å². The first-order valence-corrected chi connectivity index (χ1v) is 8.90. The molecule has 0 aliphatic rings. The Labute approximate surface area is 164 Å². The lowest BCUT2D eigenvalue weighted by atomic mass is 10.1. The molecule has 2 aromatic carbocycles. The minimum atomic E-state index is -0.190. The van der Waals surface area contributed by atoms with Crippen molar-refractivity contribution in [1.29, 1.82) is 0 Å². The molecule has 0 radical (unpaired) electrons. The van der Waals surface area contributed by atoms with Gasteiger partial charge in [-0.3, -0.25) is 9.78 Å². The Hall–Kier alpha value is -3.60. The van der Waals surface area contributed by atoms with Gasteiger partial charge in [0.05, 0.1) is 7.11 Å². The number of hydrogen-bond donors (Lipinski definition) is 1. The first-order chi connectivity index (χ1) is 13.7. The number of anilines is 1. The van der Waals surface area contributed by atoms with Gasteiger partial charge in [0.25, 0.3) is 0 Å². The number of rotatable bonds is 7. The Kier molecular flexibility index (Phi) is 6.41. The SMILES string of the molecule is COc1cc(/C=C/C(=O)Nc2ccccc2C)ccc1OCc1cccnc1. The summed E-state index contributed by atoms with van der Waals surface area (Å²) >= 11 is 0. The molecule has 0 atom stereocenters. The second-order valence-electron chi connectivity index (χ2n) is 6.20. The van der Waals surface area contributed by atoms with Gasteiger partial charge >= 0.3 is 0 Å². The van der Waals surface area contributed by atoms with E-state index in [-0.39, 0.29) is 5.91 Å². The van der Waals surface area contributed by atoms with Gasteiger partial charge < -0.3 is 14.8 Å². The van der Waals surface area contributed by atoms with E-state index in [2.05, 4.69) is 10.3 Å². The van der Waals surface area contributed by atoms with Crippen LogP contribution in [0.15, 0.2) is 73.1 Å². The molecule has 1 amide bonds. The minimum Gasteiger partial charge on any atom is -0.493 e. The molecular formula is C23H22N2O3. The van der Waals surface area contributed by atoms with E-state index < -0.39 is 0 Å². The summed E-state index contributed by atoms with van der Waals surface area (Å²) in [4.78, 5) is 16.2. The number of nitrogens with one attached hydrogen (secondary N) is 1. The molecule has 3 aromatic rings. The Morgan fingerprint density at radius 1 is 1.11 bits per heavy atom. The number of hydrogen-bond acceptors (Lipinski definition) is 4. The fraction of sp³-hybridized carbons (Fsp3) is 0.130. The van der Waals surface area contributed by atoms with Crippen molar-refractivity contribution in [3.05, 3.63) is 89.8 Å². The van der Waals surface area contributed by atoms with Crippen LogP contribution in [0.3, 0.4) is 0 Å². The van der Waals surface area contributed by atoms with Crippen molar-refractivity contribution < 1.29 is 14.3 Å². The lowest BCUT2D eigenvalue weighted by Crippen LogP contribution is -2.08. The van der Waals surface area contributed by atoms with E-state index in [0.717, 1.165) is 22.4 Å². The van der Waals surface area contributed by atoms with Gasteiger partial charge in [-0.1, -0.05) is 30.3 Å². The number of aromatic nitrogens is 1. The number of methoxy groups -OCH3 is 1. The summed E-state index contributed by atoms with van der Waals surface area (Å²) in [6, 6.07) is 17.0. The normalized spacial score (nSPS) is 10.6. The predicted molar refractivity (Wildman–Crippen MR) is 110 cm³/mol. The van der Waals surface area contributed by atoms with Crippen molar-refractivity contribution in [2.24, 2.45) is 0 Å². The Morgan fingerprint density at radius 3 is 2.71 bits per heavy atom. The molecular weight excluding hydrogens is 352 g/mol. The number of pyridine rings is 1. The van der Waals surface area contributed by atoms with Crippen LogP contribution in [0.1, 0.15) is 16.7 Å². The van der Waals surface area contributed by atoms with E-state index in [0.29, 0.717) is 18.1 Å². The second kappa shape index (κ2) is 9.37. The van der Waals surface area contributed by atoms with Crippen LogP contribution in [-0.2, 0) is 11.4 Å². The topological polar surface area (TPSA) is 60.5 Å². The van der Waals surface area contributed by atoms with Crippen LogP contribution in [0.25, 0.3) is 6.08 Å². The summed E-state index contributed by atoms with van der Waals surface area (Å²) in [6.45, 7) is 2.35. The van der Waals surface area contributed by atoms with Gasteiger partial charge in [0.15, 0.2) is 11.5 Å². The number of ether oxygens (including phenoxy) is 2. The first-order valence-electron chi connectivity index (χ1n) is 8.90. The summed E-state index contributed by atoms with van der Waals surface area (Å²) in [7, 11) is 1.59. The highest BCUT2D eigenvalue weighted by molar-refractivity contribution is 6.02. The molecule has 5 nitrogen and oxygen atoms in total. The van der Waals surface area contributed by atoms with Crippen LogP contribution in [-0.4, -0.2) is 18.0 Å². The zero-order valence-corrected chi connectivity index (χ0v) is 15.9. The lowest BCUT2D eigenvalue weighted by Gasteiger charge is -2.11. The molecule has 3 rings (SSSR count). The quantitative estimate of drug-likeness (QED) is 0.613. The summed E-state index contributed by atoms with van der Waals surface area (Å²) in [6.07, 6.45) is 6.72. The van der Waals surface area contributed by atoms with Crippen molar-refractivity contribution >= 4 is 17.7 Å². The van der Waals surface area contributed by atoms with Gasteiger partial charge in [-0.25, -0.2) is 0 Å². The van der Waals surface area contributed by atoms with Gasteiger partial charge in [-0.2, -0.15) is 0 Å². The summed E-state index contributed by atoms with van der Waals surface area (Å²) < 4.78 is 11.2. The average molecular weight is 374 g/mol. The molecule has 0 bridgehead atoms. The summed E-state index contributed by atoms with van der Waals surface area (Å²) in [5.41, 5.74) is 3.63.